The normalized spacial score (nSPS) is 15.5. The number of allylic oxidation sites excluding steroid dienone is 1. The molecule has 0 bridgehead atoms. The molecule has 0 saturated heterocycles. The molecule has 11 heavy (non-hydrogen) atoms. The average molecular weight is 190 g/mol. The lowest BCUT2D eigenvalue weighted by Gasteiger charge is -2.17. The van der Waals surface area contributed by atoms with Gasteiger partial charge in [0.2, 0.25) is 0 Å². The van der Waals surface area contributed by atoms with Crippen molar-refractivity contribution in [2.24, 2.45) is 5.92 Å². The summed E-state index contributed by atoms with van der Waals surface area (Å²) < 4.78 is 0.861. The van der Waals surface area contributed by atoms with E-state index in [1.54, 1.807) is 13.0 Å². The van der Waals surface area contributed by atoms with Crippen LogP contribution in [0.4, 0.5) is 0 Å². The van der Waals surface area contributed by atoms with Crippen LogP contribution in [0.5, 0.6) is 0 Å². The molecular weight excluding hydrogens is 176 g/mol. The van der Waals surface area contributed by atoms with Gasteiger partial charge in [0, 0.05) is 5.92 Å². The third kappa shape index (κ3) is 3.89. The van der Waals surface area contributed by atoms with Gasteiger partial charge in [-0.1, -0.05) is 18.3 Å². The molecular formula is C8H14OS2. The van der Waals surface area contributed by atoms with E-state index in [0.29, 0.717) is 0 Å². The van der Waals surface area contributed by atoms with E-state index >= 15 is 0 Å². The van der Waals surface area contributed by atoms with Gasteiger partial charge in [-0.25, -0.2) is 0 Å². The Kier molecular flexibility index (Phi) is 5.82. The van der Waals surface area contributed by atoms with Gasteiger partial charge in [-0.15, -0.1) is 18.3 Å². The van der Waals surface area contributed by atoms with E-state index in [4.69, 9.17) is 12.2 Å². The predicted octanol–water partition coefficient (Wildman–Crippen LogP) is 2.25. The largest absolute Gasteiger partial charge is 0.393 e. The Hall–Kier alpha value is 0.140. The second kappa shape index (κ2) is 5.75. The highest BCUT2D eigenvalue weighted by atomic mass is 32.2. The number of aliphatic hydroxyl groups is 1. The lowest BCUT2D eigenvalue weighted by atomic mass is 10.0. The molecule has 1 N–H and O–H groups in total. The van der Waals surface area contributed by atoms with Gasteiger partial charge in [0.1, 0.15) is 0 Å². The minimum absolute atomic E-state index is 0.0810. The molecule has 0 radical (unpaired) electrons. The summed E-state index contributed by atoms with van der Waals surface area (Å²) in [4.78, 5) is 0. The summed E-state index contributed by atoms with van der Waals surface area (Å²) in [7, 11) is 0. The van der Waals surface area contributed by atoms with Crippen LogP contribution in [0.2, 0.25) is 0 Å². The SMILES string of the molecule is C=CC[C@H](C(=S)SC)[C@H](C)O. The van der Waals surface area contributed by atoms with Gasteiger partial charge in [-0.3, -0.25) is 0 Å². The fourth-order valence-corrected chi connectivity index (χ4v) is 1.71. The van der Waals surface area contributed by atoms with E-state index in [0.717, 1.165) is 10.6 Å². The van der Waals surface area contributed by atoms with E-state index in [1.165, 1.54) is 11.8 Å². The molecule has 0 spiro atoms. The van der Waals surface area contributed by atoms with Crippen LogP contribution >= 0.6 is 24.0 Å². The zero-order valence-electron chi connectivity index (χ0n) is 6.91. The predicted molar refractivity (Wildman–Crippen MR) is 56.1 cm³/mol. The average Bonchev–Trinajstić information content (AvgIpc) is 1.98. The molecule has 64 valence electrons. The molecule has 0 aromatic rings. The van der Waals surface area contributed by atoms with Gasteiger partial charge < -0.3 is 5.11 Å². The highest BCUT2D eigenvalue weighted by Crippen LogP contribution is 2.18. The molecule has 0 unspecified atom stereocenters. The van der Waals surface area contributed by atoms with Crippen molar-refractivity contribution in [3.05, 3.63) is 12.7 Å². The van der Waals surface area contributed by atoms with Gasteiger partial charge in [-0.2, -0.15) is 0 Å². The fraction of sp³-hybridized carbons (Fsp3) is 0.625. The quantitative estimate of drug-likeness (QED) is 0.542. The van der Waals surface area contributed by atoms with Crippen LogP contribution in [-0.4, -0.2) is 21.7 Å². The minimum atomic E-state index is -0.368. The van der Waals surface area contributed by atoms with Crippen LogP contribution in [0, 0.1) is 5.92 Å². The first-order chi connectivity index (χ1) is 5.13. The van der Waals surface area contributed by atoms with Crippen molar-refractivity contribution in [3.63, 3.8) is 0 Å². The van der Waals surface area contributed by atoms with Crippen LogP contribution in [-0.2, 0) is 0 Å². The van der Waals surface area contributed by atoms with Gasteiger partial charge in [0.05, 0.1) is 10.3 Å². The molecule has 0 saturated carbocycles. The van der Waals surface area contributed by atoms with Gasteiger partial charge in [0.15, 0.2) is 0 Å². The zero-order valence-corrected chi connectivity index (χ0v) is 8.54. The molecule has 1 nitrogen and oxygen atoms in total. The van der Waals surface area contributed by atoms with E-state index in [2.05, 4.69) is 6.58 Å². The summed E-state index contributed by atoms with van der Waals surface area (Å²) in [6, 6.07) is 0. The van der Waals surface area contributed by atoms with Crippen molar-refractivity contribution in [3.8, 4) is 0 Å². The van der Waals surface area contributed by atoms with Crippen LogP contribution in [0.3, 0.4) is 0 Å². The lowest BCUT2D eigenvalue weighted by molar-refractivity contribution is 0.161. The standard InChI is InChI=1S/C8H14OS2/c1-4-5-7(6(2)9)8(10)11-3/h4,6-7,9H,1,5H2,2-3H3/t6-,7-/m0/s1. The van der Waals surface area contributed by atoms with Gasteiger partial charge in [0.25, 0.3) is 0 Å². The smallest absolute Gasteiger partial charge is 0.0596 e. The number of aliphatic hydroxyl groups excluding tert-OH is 1. The molecule has 2 atom stereocenters. The minimum Gasteiger partial charge on any atom is -0.393 e. The van der Waals surface area contributed by atoms with E-state index in [1.807, 2.05) is 6.26 Å². The number of hydrogen-bond donors (Lipinski definition) is 1. The van der Waals surface area contributed by atoms with Crippen LogP contribution in [0.15, 0.2) is 12.7 Å². The zero-order chi connectivity index (χ0) is 8.85. The second-order valence-corrected chi connectivity index (χ2v) is 3.94. The molecule has 0 aliphatic rings. The first-order valence-corrected chi connectivity index (χ1v) is 5.13. The van der Waals surface area contributed by atoms with E-state index in [-0.39, 0.29) is 12.0 Å². The third-order valence-electron chi connectivity index (χ3n) is 1.51. The Bertz CT molecular complexity index is 143. The maximum Gasteiger partial charge on any atom is 0.0596 e. The summed E-state index contributed by atoms with van der Waals surface area (Å²) in [6.07, 6.45) is 4.12. The number of thiocarbonyl (C=S) groups is 1. The summed E-state index contributed by atoms with van der Waals surface area (Å²) in [6.45, 7) is 5.38. The van der Waals surface area contributed by atoms with Crippen molar-refractivity contribution in [2.75, 3.05) is 6.26 Å². The molecule has 0 amide bonds. The van der Waals surface area contributed by atoms with Crippen LogP contribution in [0.1, 0.15) is 13.3 Å². The van der Waals surface area contributed by atoms with Crippen molar-refractivity contribution >= 4 is 28.2 Å². The highest BCUT2D eigenvalue weighted by molar-refractivity contribution is 8.22. The maximum absolute atomic E-state index is 9.30. The molecule has 0 aromatic carbocycles. The van der Waals surface area contributed by atoms with E-state index < -0.39 is 0 Å². The third-order valence-corrected chi connectivity index (χ3v) is 3.01. The molecule has 0 aliphatic heterocycles. The highest BCUT2D eigenvalue weighted by Gasteiger charge is 2.17. The molecule has 0 heterocycles. The monoisotopic (exact) mass is 190 g/mol. The van der Waals surface area contributed by atoms with Crippen molar-refractivity contribution < 1.29 is 5.11 Å². The summed E-state index contributed by atoms with van der Waals surface area (Å²) in [5.41, 5.74) is 0. The van der Waals surface area contributed by atoms with Crippen LogP contribution < -0.4 is 0 Å². The second-order valence-electron chi connectivity index (χ2n) is 2.39. The number of hydrogen-bond acceptors (Lipinski definition) is 3. The van der Waals surface area contributed by atoms with Gasteiger partial charge >= 0.3 is 0 Å². The summed E-state index contributed by atoms with van der Waals surface area (Å²) >= 11 is 6.60. The Morgan fingerprint density at radius 3 is 2.64 bits per heavy atom. The molecule has 0 aliphatic carbocycles. The topological polar surface area (TPSA) is 20.2 Å². The molecule has 3 heteroatoms. The fourth-order valence-electron chi connectivity index (χ4n) is 0.821. The van der Waals surface area contributed by atoms with Crippen molar-refractivity contribution in [1.29, 1.82) is 0 Å². The lowest BCUT2D eigenvalue weighted by Crippen LogP contribution is -2.21. The number of rotatable bonds is 4. The van der Waals surface area contributed by atoms with Gasteiger partial charge in [-0.05, 0) is 19.6 Å². The molecule has 0 rings (SSSR count). The first kappa shape index (κ1) is 11.1. The van der Waals surface area contributed by atoms with Crippen molar-refractivity contribution in [2.45, 2.75) is 19.4 Å². The summed E-state index contributed by atoms with van der Waals surface area (Å²) in [5, 5.41) is 9.30. The Morgan fingerprint density at radius 2 is 2.36 bits per heavy atom. The van der Waals surface area contributed by atoms with Crippen LogP contribution in [0.25, 0.3) is 0 Å². The van der Waals surface area contributed by atoms with E-state index in [9.17, 15) is 5.11 Å². The molecule has 0 fully saturated rings. The summed E-state index contributed by atoms with van der Waals surface area (Å²) in [5.74, 6) is 0.0810. The van der Waals surface area contributed by atoms with Crippen molar-refractivity contribution in [1.82, 2.24) is 0 Å². The Morgan fingerprint density at radius 1 is 1.82 bits per heavy atom. The number of thioether (sulfide) groups is 1. The molecule has 0 aromatic heterocycles. The Balaban J connectivity index is 4.08. The Labute approximate surface area is 77.9 Å². The first-order valence-electron chi connectivity index (χ1n) is 3.50. The maximum atomic E-state index is 9.30.